The molecule has 0 atom stereocenters. The van der Waals surface area contributed by atoms with Crippen LogP contribution in [0, 0.1) is 0 Å². The van der Waals surface area contributed by atoms with Gasteiger partial charge in [0.15, 0.2) is 0 Å². The van der Waals surface area contributed by atoms with Crippen molar-refractivity contribution in [2.45, 2.75) is 6.18 Å². The van der Waals surface area contributed by atoms with Crippen LogP contribution < -0.4 is 4.90 Å². The highest BCUT2D eigenvalue weighted by Crippen LogP contribution is 2.48. The van der Waals surface area contributed by atoms with Crippen LogP contribution in [0.1, 0.15) is 5.56 Å². The predicted molar refractivity (Wildman–Crippen MR) is 162 cm³/mol. The maximum atomic E-state index is 13.4. The first-order chi connectivity index (χ1) is 20.0. The molecular formula is C36H23F3N2. The van der Waals surface area contributed by atoms with Gasteiger partial charge in [-0.1, -0.05) is 103 Å². The van der Waals surface area contributed by atoms with E-state index in [0.29, 0.717) is 5.82 Å². The number of benzene rings is 6. The molecular weight excluding hydrogens is 517 g/mol. The van der Waals surface area contributed by atoms with Gasteiger partial charge in [0, 0.05) is 22.7 Å². The summed E-state index contributed by atoms with van der Waals surface area (Å²) in [6, 6.07) is 43.4. The molecule has 0 aliphatic rings. The number of fused-ring (bicyclic) bond motifs is 3. The summed E-state index contributed by atoms with van der Waals surface area (Å²) in [5.41, 5.74) is 3.09. The number of alkyl halides is 3. The molecule has 0 fully saturated rings. The molecule has 0 spiro atoms. The van der Waals surface area contributed by atoms with Gasteiger partial charge in [-0.2, -0.15) is 13.2 Å². The first-order valence-corrected chi connectivity index (χ1v) is 13.3. The highest BCUT2D eigenvalue weighted by molar-refractivity contribution is 6.22. The number of nitrogens with zero attached hydrogens (tertiary/aromatic N) is 2. The largest absolute Gasteiger partial charge is 0.417 e. The molecule has 0 N–H and O–H groups in total. The summed E-state index contributed by atoms with van der Waals surface area (Å²) in [6.07, 6.45) is -3.57. The van der Waals surface area contributed by atoms with Crippen LogP contribution in [0.15, 0.2) is 140 Å². The van der Waals surface area contributed by atoms with Crippen molar-refractivity contribution in [3.63, 3.8) is 0 Å². The topological polar surface area (TPSA) is 16.1 Å². The number of pyridine rings is 1. The van der Waals surface area contributed by atoms with Crippen molar-refractivity contribution < 1.29 is 13.2 Å². The minimum absolute atomic E-state index is 0.401. The van der Waals surface area contributed by atoms with E-state index in [2.05, 4.69) is 59.6 Å². The van der Waals surface area contributed by atoms with Crippen LogP contribution in [-0.2, 0) is 6.18 Å². The molecule has 0 aliphatic carbocycles. The fourth-order valence-electron chi connectivity index (χ4n) is 5.64. The second-order valence-electron chi connectivity index (χ2n) is 9.95. The Hall–Kier alpha value is -5.16. The van der Waals surface area contributed by atoms with Gasteiger partial charge in [-0.3, -0.25) is 4.90 Å². The summed E-state index contributed by atoms with van der Waals surface area (Å²) in [7, 11) is 0. The van der Waals surface area contributed by atoms with Crippen LogP contribution in [0.5, 0.6) is 0 Å². The molecule has 1 heterocycles. The second-order valence-corrected chi connectivity index (χ2v) is 9.95. The lowest BCUT2D eigenvalue weighted by atomic mass is 9.89. The van der Waals surface area contributed by atoms with Crippen LogP contribution in [0.3, 0.4) is 0 Å². The SMILES string of the molecule is FC(F)(F)c1ccc(N(c2ccccc2)c2c3ccccc3c(-c3ccc4ccccc4c3)c3ccccc23)nc1. The Morgan fingerprint density at radius 1 is 0.537 bits per heavy atom. The number of aromatic nitrogens is 1. The lowest BCUT2D eigenvalue weighted by Crippen LogP contribution is -2.14. The molecule has 2 nitrogen and oxygen atoms in total. The van der Waals surface area contributed by atoms with E-state index in [0.717, 1.165) is 61.7 Å². The zero-order valence-electron chi connectivity index (χ0n) is 21.8. The third-order valence-electron chi connectivity index (χ3n) is 7.48. The molecule has 0 saturated heterocycles. The molecule has 41 heavy (non-hydrogen) atoms. The molecule has 0 unspecified atom stereocenters. The fourth-order valence-corrected chi connectivity index (χ4v) is 5.64. The maximum absolute atomic E-state index is 13.4. The van der Waals surface area contributed by atoms with E-state index < -0.39 is 11.7 Å². The number of hydrogen-bond acceptors (Lipinski definition) is 2. The predicted octanol–water partition coefficient (Wildman–Crippen LogP) is 10.7. The van der Waals surface area contributed by atoms with Crippen LogP contribution in [0.4, 0.5) is 30.4 Å². The highest BCUT2D eigenvalue weighted by Gasteiger charge is 2.31. The Kier molecular flexibility index (Phi) is 5.93. The summed E-state index contributed by atoms with van der Waals surface area (Å²) in [5, 5.41) is 6.36. The van der Waals surface area contributed by atoms with Gasteiger partial charge < -0.3 is 0 Å². The van der Waals surface area contributed by atoms with Crippen molar-refractivity contribution in [1.29, 1.82) is 0 Å². The van der Waals surface area contributed by atoms with Crippen molar-refractivity contribution in [2.75, 3.05) is 4.90 Å². The van der Waals surface area contributed by atoms with E-state index >= 15 is 0 Å². The second kappa shape index (κ2) is 9.79. The van der Waals surface area contributed by atoms with Gasteiger partial charge in [0.25, 0.3) is 0 Å². The first-order valence-electron chi connectivity index (χ1n) is 13.3. The summed E-state index contributed by atoms with van der Waals surface area (Å²) >= 11 is 0. The molecule has 6 aromatic carbocycles. The molecule has 0 radical (unpaired) electrons. The Bertz CT molecular complexity index is 1970. The van der Waals surface area contributed by atoms with Gasteiger partial charge in [-0.25, -0.2) is 4.98 Å². The Morgan fingerprint density at radius 3 is 1.73 bits per heavy atom. The zero-order chi connectivity index (χ0) is 28.0. The Labute approximate surface area is 234 Å². The molecule has 0 amide bonds. The minimum Gasteiger partial charge on any atom is -0.294 e. The van der Waals surface area contributed by atoms with Crippen LogP contribution >= 0.6 is 0 Å². The quantitative estimate of drug-likeness (QED) is 0.206. The summed E-state index contributed by atoms with van der Waals surface area (Å²) in [5.74, 6) is 0.401. The van der Waals surface area contributed by atoms with Crippen molar-refractivity contribution in [1.82, 2.24) is 4.98 Å². The van der Waals surface area contributed by atoms with E-state index in [1.807, 2.05) is 71.6 Å². The van der Waals surface area contributed by atoms with Crippen molar-refractivity contribution >= 4 is 49.5 Å². The lowest BCUT2D eigenvalue weighted by molar-refractivity contribution is -0.137. The fraction of sp³-hybridized carbons (Fsp3) is 0.0278. The average Bonchev–Trinajstić information content (AvgIpc) is 3.01. The number of hydrogen-bond donors (Lipinski definition) is 0. The standard InChI is InChI=1S/C36H23F3N2/c37-36(38,39)27-20-21-33(40-23-27)41(28-12-2-1-3-13-28)35-31-16-8-6-14-29(31)34(30-15-7-9-17-32(30)35)26-19-18-24-10-4-5-11-25(24)22-26/h1-23H. The zero-order valence-corrected chi connectivity index (χ0v) is 21.8. The molecule has 198 valence electrons. The summed E-state index contributed by atoms with van der Waals surface area (Å²) < 4.78 is 40.3. The van der Waals surface area contributed by atoms with E-state index in [-0.39, 0.29) is 0 Å². The van der Waals surface area contributed by atoms with Crippen LogP contribution in [0.2, 0.25) is 0 Å². The van der Waals surface area contributed by atoms with Crippen molar-refractivity contribution in [3.8, 4) is 11.1 Å². The summed E-state index contributed by atoms with van der Waals surface area (Å²) in [4.78, 5) is 6.29. The van der Waals surface area contributed by atoms with Gasteiger partial charge in [0.2, 0.25) is 0 Å². The van der Waals surface area contributed by atoms with Gasteiger partial charge in [-0.15, -0.1) is 0 Å². The minimum atomic E-state index is -4.47. The van der Waals surface area contributed by atoms with Gasteiger partial charge >= 0.3 is 6.18 Å². The molecule has 0 saturated carbocycles. The number of halogens is 3. The smallest absolute Gasteiger partial charge is 0.294 e. The van der Waals surface area contributed by atoms with Crippen molar-refractivity contribution in [2.24, 2.45) is 0 Å². The molecule has 7 aromatic rings. The first kappa shape index (κ1) is 24.9. The van der Waals surface area contributed by atoms with E-state index in [1.54, 1.807) is 0 Å². The van der Waals surface area contributed by atoms with E-state index in [9.17, 15) is 13.2 Å². The van der Waals surface area contributed by atoms with Gasteiger partial charge in [-0.05, 0) is 63.0 Å². The lowest BCUT2D eigenvalue weighted by Gasteiger charge is -2.28. The van der Waals surface area contributed by atoms with Crippen molar-refractivity contribution in [3.05, 3.63) is 145 Å². The molecule has 5 heteroatoms. The highest BCUT2D eigenvalue weighted by atomic mass is 19.4. The Morgan fingerprint density at radius 2 is 1.12 bits per heavy atom. The molecule has 0 aliphatic heterocycles. The van der Waals surface area contributed by atoms with Crippen LogP contribution in [0.25, 0.3) is 43.4 Å². The normalized spacial score (nSPS) is 11.8. The molecule has 7 rings (SSSR count). The maximum Gasteiger partial charge on any atom is 0.417 e. The third-order valence-corrected chi connectivity index (χ3v) is 7.48. The van der Waals surface area contributed by atoms with Gasteiger partial charge in [0.05, 0.1) is 11.3 Å². The number of para-hydroxylation sites is 1. The summed E-state index contributed by atoms with van der Waals surface area (Å²) in [6.45, 7) is 0. The number of anilines is 3. The van der Waals surface area contributed by atoms with E-state index in [4.69, 9.17) is 0 Å². The molecule has 0 bridgehead atoms. The number of rotatable bonds is 4. The Balaban J connectivity index is 1.56. The van der Waals surface area contributed by atoms with Crippen LogP contribution in [-0.4, -0.2) is 4.98 Å². The molecule has 1 aromatic heterocycles. The van der Waals surface area contributed by atoms with E-state index in [1.165, 1.54) is 11.5 Å². The van der Waals surface area contributed by atoms with Gasteiger partial charge in [0.1, 0.15) is 5.82 Å². The monoisotopic (exact) mass is 540 g/mol. The average molecular weight is 541 g/mol. The third kappa shape index (κ3) is 4.36.